The van der Waals surface area contributed by atoms with Crippen molar-refractivity contribution in [1.82, 2.24) is 4.98 Å². The molecule has 0 saturated heterocycles. The summed E-state index contributed by atoms with van der Waals surface area (Å²) in [5.41, 5.74) is 0.513. The van der Waals surface area contributed by atoms with Crippen LogP contribution < -0.4 is 5.32 Å². The van der Waals surface area contributed by atoms with Crippen LogP contribution in [0.1, 0.15) is 20.2 Å². The van der Waals surface area contributed by atoms with E-state index in [2.05, 4.69) is 22.1 Å². The number of rotatable bonds is 2. The van der Waals surface area contributed by atoms with E-state index in [0.29, 0.717) is 10.4 Å². The molecule has 0 unspecified atom stereocenters. The van der Waals surface area contributed by atoms with Gasteiger partial charge in [-0.15, -0.1) is 11.3 Å². The third-order valence-corrected chi connectivity index (χ3v) is 3.29. The molecule has 102 valence electrons. The Balaban J connectivity index is 2.16. The first kappa shape index (κ1) is 14.2. The van der Waals surface area contributed by atoms with Crippen molar-refractivity contribution in [2.45, 2.75) is 6.92 Å². The van der Waals surface area contributed by atoms with Crippen LogP contribution in [0.25, 0.3) is 0 Å². The highest BCUT2D eigenvalue weighted by Gasteiger charge is 2.11. The largest absolute Gasteiger partial charge is 0.384 e. The Bertz CT molecular complexity index is 701. The highest BCUT2D eigenvalue weighted by molar-refractivity contribution is 7.13. The summed E-state index contributed by atoms with van der Waals surface area (Å²) in [6, 6.07) is 4.21. The second-order valence-electron chi connectivity index (χ2n) is 3.85. The number of nitrogens with one attached hydrogen (secondary N) is 1. The van der Waals surface area contributed by atoms with E-state index in [1.807, 2.05) is 0 Å². The molecule has 0 aliphatic heterocycles. The molecular formula is C14H11FN2O2S. The Morgan fingerprint density at radius 2 is 2.35 bits per heavy atom. The normalized spacial score (nSPS) is 9.75. The SMILES string of the molecule is Cc1ncc(C(=O)Nc2ccc(C#CCO)cc2F)s1. The number of hydrogen-bond acceptors (Lipinski definition) is 4. The first-order valence-electron chi connectivity index (χ1n) is 5.73. The van der Waals surface area contributed by atoms with Crippen molar-refractivity contribution in [2.24, 2.45) is 0 Å². The van der Waals surface area contributed by atoms with Crippen LogP contribution in [0.5, 0.6) is 0 Å². The second-order valence-corrected chi connectivity index (χ2v) is 5.09. The average molecular weight is 290 g/mol. The number of benzene rings is 1. The number of carbonyl (C=O) groups excluding carboxylic acids is 1. The molecule has 2 N–H and O–H groups in total. The van der Waals surface area contributed by atoms with Crippen LogP contribution in [0.3, 0.4) is 0 Å². The molecule has 1 heterocycles. The lowest BCUT2D eigenvalue weighted by molar-refractivity contribution is 0.103. The van der Waals surface area contributed by atoms with E-state index in [-0.39, 0.29) is 12.3 Å². The van der Waals surface area contributed by atoms with E-state index in [9.17, 15) is 9.18 Å². The van der Waals surface area contributed by atoms with Crippen LogP contribution in [-0.4, -0.2) is 22.6 Å². The monoisotopic (exact) mass is 290 g/mol. The van der Waals surface area contributed by atoms with Gasteiger partial charge in [-0.05, 0) is 25.1 Å². The van der Waals surface area contributed by atoms with Gasteiger partial charge in [0.25, 0.3) is 5.91 Å². The van der Waals surface area contributed by atoms with Gasteiger partial charge in [-0.2, -0.15) is 0 Å². The van der Waals surface area contributed by atoms with E-state index >= 15 is 0 Å². The predicted octanol–water partition coefficient (Wildman–Crippen LogP) is 2.19. The van der Waals surface area contributed by atoms with Gasteiger partial charge < -0.3 is 10.4 Å². The van der Waals surface area contributed by atoms with E-state index in [0.717, 1.165) is 5.01 Å². The van der Waals surface area contributed by atoms with Gasteiger partial charge in [-0.3, -0.25) is 4.79 Å². The van der Waals surface area contributed by atoms with Gasteiger partial charge in [0.15, 0.2) is 0 Å². The third kappa shape index (κ3) is 3.41. The highest BCUT2D eigenvalue weighted by atomic mass is 32.1. The van der Waals surface area contributed by atoms with Crippen molar-refractivity contribution in [2.75, 3.05) is 11.9 Å². The number of thiazole rings is 1. The molecule has 0 aliphatic carbocycles. The first-order chi connectivity index (χ1) is 9.60. The zero-order valence-corrected chi connectivity index (χ0v) is 11.4. The molecule has 0 atom stereocenters. The number of halogens is 1. The molecule has 0 bridgehead atoms. The van der Waals surface area contributed by atoms with Gasteiger partial charge in [0, 0.05) is 5.56 Å². The quantitative estimate of drug-likeness (QED) is 0.833. The van der Waals surface area contributed by atoms with Gasteiger partial charge in [0.05, 0.1) is 16.9 Å². The molecular weight excluding hydrogens is 279 g/mol. The van der Waals surface area contributed by atoms with Gasteiger partial charge >= 0.3 is 0 Å². The van der Waals surface area contributed by atoms with Crippen LogP contribution in [0, 0.1) is 24.6 Å². The van der Waals surface area contributed by atoms with E-state index in [1.165, 1.54) is 29.7 Å². The molecule has 1 amide bonds. The molecule has 6 heteroatoms. The van der Waals surface area contributed by atoms with Crippen molar-refractivity contribution >= 4 is 22.9 Å². The molecule has 1 aromatic heterocycles. The van der Waals surface area contributed by atoms with E-state index in [4.69, 9.17) is 5.11 Å². The molecule has 0 spiro atoms. The lowest BCUT2D eigenvalue weighted by Crippen LogP contribution is -2.11. The molecule has 2 rings (SSSR count). The number of aliphatic hydroxyl groups is 1. The summed E-state index contributed by atoms with van der Waals surface area (Å²) in [6.07, 6.45) is 1.45. The van der Waals surface area contributed by atoms with Crippen molar-refractivity contribution < 1.29 is 14.3 Å². The lowest BCUT2D eigenvalue weighted by Gasteiger charge is -2.05. The van der Waals surface area contributed by atoms with Crippen molar-refractivity contribution in [1.29, 1.82) is 0 Å². The molecule has 2 aromatic rings. The number of anilines is 1. The zero-order valence-electron chi connectivity index (χ0n) is 10.6. The fourth-order valence-electron chi connectivity index (χ4n) is 1.49. The van der Waals surface area contributed by atoms with E-state index in [1.54, 1.807) is 13.0 Å². The van der Waals surface area contributed by atoms with Gasteiger partial charge in [-0.1, -0.05) is 11.8 Å². The highest BCUT2D eigenvalue weighted by Crippen LogP contribution is 2.18. The maximum absolute atomic E-state index is 13.8. The van der Waals surface area contributed by atoms with Crippen LogP contribution in [0.4, 0.5) is 10.1 Å². The number of carbonyl (C=O) groups is 1. The minimum atomic E-state index is -0.579. The number of nitrogens with zero attached hydrogens (tertiary/aromatic N) is 1. The summed E-state index contributed by atoms with van der Waals surface area (Å²) in [7, 11) is 0. The Kier molecular flexibility index (Phi) is 4.45. The number of hydrogen-bond donors (Lipinski definition) is 2. The van der Waals surface area contributed by atoms with E-state index < -0.39 is 11.7 Å². The Morgan fingerprint density at radius 3 is 2.95 bits per heavy atom. The number of aliphatic hydroxyl groups excluding tert-OH is 1. The third-order valence-electron chi connectivity index (χ3n) is 2.37. The molecule has 0 aliphatic rings. The number of aryl methyl sites for hydroxylation is 1. The average Bonchev–Trinajstić information content (AvgIpc) is 2.86. The summed E-state index contributed by atoms with van der Waals surface area (Å²) in [5.74, 6) is 4.04. The maximum atomic E-state index is 13.8. The van der Waals surface area contributed by atoms with Gasteiger partial charge in [-0.25, -0.2) is 9.37 Å². The van der Waals surface area contributed by atoms with Crippen LogP contribution >= 0.6 is 11.3 Å². The second kappa shape index (κ2) is 6.28. The Hall–Kier alpha value is -2.23. The summed E-state index contributed by atoms with van der Waals surface area (Å²) >= 11 is 1.24. The maximum Gasteiger partial charge on any atom is 0.267 e. The topological polar surface area (TPSA) is 62.2 Å². The molecule has 0 saturated carbocycles. The summed E-state index contributed by atoms with van der Waals surface area (Å²) in [5, 5.41) is 11.8. The van der Waals surface area contributed by atoms with Crippen molar-refractivity contribution in [3.05, 3.63) is 45.7 Å². The van der Waals surface area contributed by atoms with Crippen molar-refractivity contribution in [3.63, 3.8) is 0 Å². The minimum Gasteiger partial charge on any atom is -0.384 e. The summed E-state index contributed by atoms with van der Waals surface area (Å²) < 4.78 is 13.8. The molecule has 4 nitrogen and oxygen atoms in total. The summed E-state index contributed by atoms with van der Waals surface area (Å²) in [6.45, 7) is 1.50. The summed E-state index contributed by atoms with van der Waals surface area (Å²) in [4.78, 5) is 16.3. The lowest BCUT2D eigenvalue weighted by atomic mass is 10.2. The fraction of sp³-hybridized carbons (Fsp3) is 0.143. The molecule has 20 heavy (non-hydrogen) atoms. The molecule has 0 fully saturated rings. The zero-order chi connectivity index (χ0) is 14.5. The number of amides is 1. The van der Waals surface area contributed by atoms with Crippen LogP contribution in [-0.2, 0) is 0 Å². The fourth-order valence-corrected chi connectivity index (χ4v) is 2.16. The van der Waals surface area contributed by atoms with Crippen LogP contribution in [0.2, 0.25) is 0 Å². The Morgan fingerprint density at radius 1 is 1.55 bits per heavy atom. The van der Waals surface area contributed by atoms with Crippen LogP contribution in [0.15, 0.2) is 24.4 Å². The molecule has 1 aromatic carbocycles. The Labute approximate surface area is 119 Å². The minimum absolute atomic E-state index is 0.0793. The standard InChI is InChI=1S/C14H11FN2O2S/c1-9-16-8-13(20-9)14(19)17-12-5-4-10(3-2-6-18)7-11(12)15/h4-5,7-8,18H,6H2,1H3,(H,17,19). The molecule has 0 radical (unpaired) electrons. The van der Waals surface area contributed by atoms with Crippen molar-refractivity contribution in [3.8, 4) is 11.8 Å². The first-order valence-corrected chi connectivity index (χ1v) is 6.55. The van der Waals surface area contributed by atoms with Gasteiger partial charge in [0.2, 0.25) is 0 Å². The number of aromatic nitrogens is 1. The van der Waals surface area contributed by atoms with Gasteiger partial charge in [0.1, 0.15) is 17.3 Å². The smallest absolute Gasteiger partial charge is 0.267 e. The predicted molar refractivity (Wildman–Crippen MR) is 75.2 cm³/mol.